The summed E-state index contributed by atoms with van der Waals surface area (Å²) in [5.74, 6) is 2.49. The quantitative estimate of drug-likeness (QED) is 0.614. The Morgan fingerprint density at radius 2 is 2.05 bits per heavy atom. The minimum atomic E-state index is 0.321. The van der Waals surface area contributed by atoms with Crippen molar-refractivity contribution in [3.05, 3.63) is 18.2 Å². The van der Waals surface area contributed by atoms with Gasteiger partial charge >= 0.3 is 0 Å². The Hall–Kier alpha value is -1.46. The first-order valence-electron chi connectivity index (χ1n) is 7.71. The lowest BCUT2D eigenvalue weighted by Crippen LogP contribution is -2.43. The summed E-state index contributed by atoms with van der Waals surface area (Å²) < 4.78 is 16.7. The van der Waals surface area contributed by atoms with E-state index in [2.05, 4.69) is 10.2 Å². The molecule has 5 nitrogen and oxygen atoms in total. The van der Waals surface area contributed by atoms with E-state index in [1.807, 2.05) is 18.2 Å². The number of nitrogens with one attached hydrogen (secondary N) is 1. The maximum Gasteiger partial charge on any atom is 0.189 e. The molecule has 2 aliphatic rings. The Morgan fingerprint density at radius 1 is 1.24 bits per heavy atom. The smallest absolute Gasteiger partial charge is 0.189 e. The van der Waals surface area contributed by atoms with Gasteiger partial charge in [-0.3, -0.25) is 0 Å². The Balaban J connectivity index is 1.64. The van der Waals surface area contributed by atoms with Gasteiger partial charge in [-0.05, 0) is 30.9 Å². The van der Waals surface area contributed by atoms with E-state index in [-0.39, 0.29) is 0 Å². The van der Waals surface area contributed by atoms with Crippen LogP contribution in [0.4, 0.5) is 5.69 Å². The molecule has 1 saturated heterocycles. The fourth-order valence-electron chi connectivity index (χ4n) is 2.50. The van der Waals surface area contributed by atoms with E-state index < -0.39 is 0 Å². The molecule has 2 fully saturated rings. The summed E-state index contributed by atoms with van der Waals surface area (Å²) in [6.45, 7) is 5.09. The van der Waals surface area contributed by atoms with Gasteiger partial charge in [0.05, 0.1) is 19.4 Å². The molecule has 0 spiro atoms. The van der Waals surface area contributed by atoms with Crippen LogP contribution in [0.5, 0.6) is 11.5 Å². The van der Waals surface area contributed by atoms with E-state index in [4.69, 9.17) is 14.2 Å². The second kappa shape index (κ2) is 7.00. The maximum atomic E-state index is 5.83. The minimum absolute atomic E-state index is 0.321. The molecule has 1 aliphatic heterocycles. The molecule has 1 saturated carbocycles. The fraction of sp³-hybridized carbons (Fsp3) is 0.625. The van der Waals surface area contributed by atoms with Crippen LogP contribution in [0.3, 0.4) is 0 Å². The predicted octanol–water partition coefficient (Wildman–Crippen LogP) is 1.87. The largest absolute Gasteiger partial charge is 0.497 e. The lowest BCUT2D eigenvalue weighted by molar-refractivity contribution is 0.0102. The molecule has 3 rings (SSSR count). The van der Waals surface area contributed by atoms with Crippen LogP contribution in [-0.2, 0) is 4.74 Å². The van der Waals surface area contributed by atoms with Crippen LogP contribution >= 0.6 is 0 Å². The molecule has 0 amide bonds. The van der Waals surface area contributed by atoms with Crippen LogP contribution in [0.2, 0.25) is 0 Å². The first-order valence-corrected chi connectivity index (χ1v) is 7.71. The Morgan fingerprint density at radius 3 is 2.76 bits per heavy atom. The molecule has 1 aromatic carbocycles. The van der Waals surface area contributed by atoms with E-state index in [0.717, 1.165) is 55.9 Å². The number of benzene rings is 1. The zero-order valence-corrected chi connectivity index (χ0v) is 12.6. The molecule has 0 aromatic heterocycles. The fourth-order valence-corrected chi connectivity index (χ4v) is 2.50. The summed E-state index contributed by atoms with van der Waals surface area (Å²) in [6.07, 6.45) is 2.60. The summed E-state index contributed by atoms with van der Waals surface area (Å²) in [5, 5.41) is 3.37. The molecular formula is C16H24N2O3. The average Bonchev–Trinajstić information content (AvgIpc) is 3.37. The Labute approximate surface area is 126 Å². The number of rotatable bonds is 7. The zero-order valence-electron chi connectivity index (χ0n) is 12.6. The van der Waals surface area contributed by atoms with E-state index in [9.17, 15) is 0 Å². The Bertz CT molecular complexity index is 457. The van der Waals surface area contributed by atoms with Crippen molar-refractivity contribution in [1.29, 1.82) is 0 Å². The van der Waals surface area contributed by atoms with Gasteiger partial charge in [0.1, 0.15) is 11.5 Å². The van der Waals surface area contributed by atoms with Crippen LogP contribution in [0, 0.1) is 5.92 Å². The van der Waals surface area contributed by atoms with E-state index in [0.29, 0.717) is 6.79 Å². The molecule has 0 unspecified atom stereocenters. The maximum absolute atomic E-state index is 5.83. The molecule has 116 valence electrons. The van der Waals surface area contributed by atoms with Crippen LogP contribution < -0.4 is 19.7 Å². The molecule has 21 heavy (non-hydrogen) atoms. The van der Waals surface area contributed by atoms with Gasteiger partial charge in [-0.2, -0.15) is 0 Å². The van der Waals surface area contributed by atoms with Crippen LogP contribution in [-0.4, -0.2) is 46.7 Å². The predicted molar refractivity (Wildman–Crippen MR) is 82.2 cm³/mol. The molecular weight excluding hydrogens is 268 g/mol. The SMILES string of the molecule is COc1ccc(OCOCC2CC2)c(N2CCNCC2)c1. The normalized spacial score (nSPS) is 18.6. The number of hydrogen-bond donors (Lipinski definition) is 1. The average molecular weight is 292 g/mol. The standard InChI is InChI=1S/C16H24N2O3/c1-19-14-4-5-16(21-12-20-11-13-2-3-13)15(10-14)18-8-6-17-7-9-18/h4-5,10,13,17H,2-3,6-9,11-12H2,1H3. The van der Waals surface area contributed by atoms with Crippen molar-refractivity contribution < 1.29 is 14.2 Å². The van der Waals surface area contributed by atoms with Crippen molar-refractivity contribution in [1.82, 2.24) is 5.32 Å². The van der Waals surface area contributed by atoms with Gasteiger partial charge in [0.25, 0.3) is 0 Å². The van der Waals surface area contributed by atoms with Crippen molar-refractivity contribution in [3.63, 3.8) is 0 Å². The zero-order chi connectivity index (χ0) is 14.5. The topological polar surface area (TPSA) is 43.0 Å². The molecule has 1 aliphatic carbocycles. The molecule has 1 heterocycles. The first kappa shape index (κ1) is 14.5. The molecule has 5 heteroatoms. The first-order chi connectivity index (χ1) is 10.4. The molecule has 1 N–H and O–H groups in total. The van der Waals surface area contributed by atoms with E-state index in [1.54, 1.807) is 7.11 Å². The monoisotopic (exact) mass is 292 g/mol. The summed E-state index contributed by atoms with van der Waals surface area (Å²) in [6, 6.07) is 5.94. The van der Waals surface area contributed by atoms with E-state index in [1.165, 1.54) is 12.8 Å². The summed E-state index contributed by atoms with van der Waals surface area (Å²) in [4.78, 5) is 2.33. The number of methoxy groups -OCH3 is 1. The third-order valence-electron chi connectivity index (χ3n) is 3.97. The lowest BCUT2D eigenvalue weighted by atomic mass is 10.2. The highest BCUT2D eigenvalue weighted by atomic mass is 16.7. The third-order valence-corrected chi connectivity index (χ3v) is 3.97. The molecule has 1 aromatic rings. The number of ether oxygens (including phenoxy) is 3. The summed E-state index contributed by atoms with van der Waals surface area (Å²) in [7, 11) is 1.69. The van der Waals surface area contributed by atoms with Gasteiger partial charge in [0.2, 0.25) is 0 Å². The highest BCUT2D eigenvalue weighted by Gasteiger charge is 2.21. The Kier molecular flexibility index (Phi) is 4.83. The van der Waals surface area contributed by atoms with Crippen LogP contribution in [0.1, 0.15) is 12.8 Å². The van der Waals surface area contributed by atoms with Crippen molar-refractivity contribution in [3.8, 4) is 11.5 Å². The van der Waals surface area contributed by atoms with Crippen molar-refractivity contribution in [2.45, 2.75) is 12.8 Å². The van der Waals surface area contributed by atoms with Crippen molar-refractivity contribution in [2.75, 3.05) is 51.6 Å². The molecule has 0 bridgehead atoms. The number of anilines is 1. The van der Waals surface area contributed by atoms with Gasteiger partial charge in [0, 0.05) is 32.2 Å². The third kappa shape index (κ3) is 4.02. The minimum Gasteiger partial charge on any atom is -0.497 e. The van der Waals surface area contributed by atoms with Crippen molar-refractivity contribution in [2.24, 2.45) is 5.92 Å². The second-order valence-electron chi connectivity index (χ2n) is 5.65. The second-order valence-corrected chi connectivity index (χ2v) is 5.65. The summed E-state index contributed by atoms with van der Waals surface area (Å²) in [5.41, 5.74) is 1.09. The van der Waals surface area contributed by atoms with Gasteiger partial charge in [-0.1, -0.05) is 0 Å². The lowest BCUT2D eigenvalue weighted by Gasteiger charge is -2.31. The van der Waals surface area contributed by atoms with Crippen LogP contribution in [0.25, 0.3) is 0 Å². The highest BCUT2D eigenvalue weighted by Crippen LogP contribution is 2.33. The number of hydrogen-bond acceptors (Lipinski definition) is 5. The van der Waals surface area contributed by atoms with E-state index >= 15 is 0 Å². The van der Waals surface area contributed by atoms with Crippen molar-refractivity contribution >= 4 is 5.69 Å². The van der Waals surface area contributed by atoms with Gasteiger partial charge in [-0.25, -0.2) is 0 Å². The van der Waals surface area contributed by atoms with Crippen LogP contribution in [0.15, 0.2) is 18.2 Å². The molecule has 0 radical (unpaired) electrons. The summed E-state index contributed by atoms with van der Waals surface area (Å²) >= 11 is 0. The number of piperazine rings is 1. The van der Waals surface area contributed by atoms with Gasteiger partial charge in [0.15, 0.2) is 6.79 Å². The van der Waals surface area contributed by atoms with Gasteiger partial charge < -0.3 is 24.4 Å². The molecule has 0 atom stereocenters. The van der Waals surface area contributed by atoms with Gasteiger partial charge in [-0.15, -0.1) is 0 Å². The number of nitrogens with zero attached hydrogens (tertiary/aromatic N) is 1. The highest BCUT2D eigenvalue weighted by molar-refractivity contribution is 5.62.